The molecule has 126 valence electrons. The first-order chi connectivity index (χ1) is 11.0. The Morgan fingerprint density at radius 3 is 2.61 bits per heavy atom. The van der Waals surface area contributed by atoms with Gasteiger partial charge in [-0.2, -0.15) is 0 Å². The van der Waals surface area contributed by atoms with Gasteiger partial charge in [-0.1, -0.05) is 29.8 Å². The van der Waals surface area contributed by atoms with Crippen molar-refractivity contribution in [2.75, 3.05) is 13.7 Å². The van der Waals surface area contributed by atoms with Crippen molar-refractivity contribution in [2.24, 2.45) is 0 Å². The molecule has 0 aromatic heterocycles. The van der Waals surface area contributed by atoms with Crippen LogP contribution in [0, 0.1) is 0 Å². The predicted molar refractivity (Wildman–Crippen MR) is 93.2 cm³/mol. The van der Waals surface area contributed by atoms with E-state index in [1.54, 1.807) is 19.3 Å². The van der Waals surface area contributed by atoms with E-state index in [4.69, 9.17) is 9.47 Å². The molecule has 1 amide bonds. The van der Waals surface area contributed by atoms with Gasteiger partial charge >= 0.3 is 5.97 Å². The minimum Gasteiger partial charge on any atom is -0.496 e. The SMILES string of the molecule is CCC(CC)NC(=O)COC(=O)/C=C/c1cc(Br)ccc1OC. The molecule has 0 unspecified atom stereocenters. The molecule has 1 aromatic rings. The normalized spacial score (nSPS) is 10.8. The second-order valence-electron chi connectivity index (χ2n) is 4.91. The van der Waals surface area contributed by atoms with Gasteiger partial charge in [-0.15, -0.1) is 0 Å². The Labute approximate surface area is 145 Å². The lowest BCUT2D eigenvalue weighted by Gasteiger charge is -2.14. The standard InChI is InChI=1S/C17H22BrNO4/c1-4-14(5-2)19-16(20)11-23-17(21)9-6-12-10-13(18)7-8-15(12)22-3/h6-10,14H,4-5,11H2,1-3H3,(H,19,20)/b9-6+. The van der Waals surface area contributed by atoms with E-state index in [-0.39, 0.29) is 18.6 Å². The van der Waals surface area contributed by atoms with Crippen molar-refractivity contribution in [1.82, 2.24) is 5.32 Å². The number of esters is 1. The summed E-state index contributed by atoms with van der Waals surface area (Å²) in [4.78, 5) is 23.3. The van der Waals surface area contributed by atoms with Gasteiger partial charge in [-0.3, -0.25) is 4.79 Å². The van der Waals surface area contributed by atoms with E-state index >= 15 is 0 Å². The lowest BCUT2D eigenvalue weighted by Crippen LogP contribution is -2.36. The summed E-state index contributed by atoms with van der Waals surface area (Å²) in [5.41, 5.74) is 0.736. The van der Waals surface area contributed by atoms with E-state index in [9.17, 15) is 9.59 Å². The molecule has 0 atom stereocenters. The number of amides is 1. The van der Waals surface area contributed by atoms with Crippen LogP contribution in [0.15, 0.2) is 28.7 Å². The number of rotatable bonds is 8. The van der Waals surface area contributed by atoms with Crippen LogP contribution in [0.5, 0.6) is 5.75 Å². The van der Waals surface area contributed by atoms with Crippen LogP contribution in [-0.2, 0) is 14.3 Å². The molecule has 23 heavy (non-hydrogen) atoms. The van der Waals surface area contributed by atoms with Crippen LogP contribution in [0.25, 0.3) is 6.08 Å². The first kappa shape index (κ1) is 19.2. The summed E-state index contributed by atoms with van der Waals surface area (Å²) in [6.45, 7) is 3.71. The maximum atomic E-state index is 11.7. The highest BCUT2D eigenvalue weighted by Gasteiger charge is 2.10. The summed E-state index contributed by atoms with van der Waals surface area (Å²) in [6.07, 6.45) is 4.55. The topological polar surface area (TPSA) is 64.6 Å². The third-order valence-electron chi connectivity index (χ3n) is 3.29. The van der Waals surface area contributed by atoms with E-state index in [1.165, 1.54) is 6.08 Å². The monoisotopic (exact) mass is 383 g/mol. The number of hydrogen-bond donors (Lipinski definition) is 1. The Morgan fingerprint density at radius 1 is 1.30 bits per heavy atom. The average Bonchev–Trinajstić information content (AvgIpc) is 2.56. The molecule has 0 saturated carbocycles. The van der Waals surface area contributed by atoms with E-state index in [2.05, 4.69) is 21.2 Å². The van der Waals surface area contributed by atoms with Crippen LogP contribution in [0.3, 0.4) is 0 Å². The molecule has 0 bridgehead atoms. The van der Waals surface area contributed by atoms with Crippen molar-refractivity contribution in [3.63, 3.8) is 0 Å². The van der Waals surface area contributed by atoms with Gasteiger partial charge in [0.05, 0.1) is 7.11 Å². The summed E-state index contributed by atoms with van der Waals surface area (Å²) in [5.74, 6) is -0.226. The zero-order valence-corrected chi connectivity index (χ0v) is 15.2. The van der Waals surface area contributed by atoms with Gasteiger partial charge in [-0.05, 0) is 37.1 Å². The molecule has 0 aliphatic carbocycles. The number of hydrogen-bond acceptors (Lipinski definition) is 4. The molecule has 1 N–H and O–H groups in total. The van der Waals surface area contributed by atoms with Crippen LogP contribution in [-0.4, -0.2) is 31.6 Å². The highest BCUT2D eigenvalue weighted by atomic mass is 79.9. The lowest BCUT2D eigenvalue weighted by molar-refractivity contribution is -0.144. The maximum Gasteiger partial charge on any atom is 0.331 e. The van der Waals surface area contributed by atoms with Crippen molar-refractivity contribution in [1.29, 1.82) is 0 Å². The summed E-state index contributed by atoms with van der Waals surface area (Å²) < 4.78 is 11.0. The third kappa shape index (κ3) is 6.86. The second kappa shape index (κ2) is 10.0. The fourth-order valence-corrected chi connectivity index (χ4v) is 2.32. The average molecular weight is 384 g/mol. The van der Waals surface area contributed by atoms with E-state index in [0.29, 0.717) is 5.75 Å². The number of benzene rings is 1. The van der Waals surface area contributed by atoms with Crippen molar-refractivity contribution in [3.05, 3.63) is 34.3 Å². The highest BCUT2D eigenvalue weighted by molar-refractivity contribution is 9.10. The van der Waals surface area contributed by atoms with Crippen molar-refractivity contribution < 1.29 is 19.1 Å². The number of methoxy groups -OCH3 is 1. The molecule has 0 fully saturated rings. The first-order valence-electron chi connectivity index (χ1n) is 7.47. The number of carbonyl (C=O) groups excluding carboxylic acids is 2. The van der Waals surface area contributed by atoms with Gasteiger partial charge < -0.3 is 14.8 Å². The van der Waals surface area contributed by atoms with Crippen molar-refractivity contribution in [2.45, 2.75) is 32.7 Å². The Hall–Kier alpha value is -1.82. The van der Waals surface area contributed by atoms with Crippen molar-refractivity contribution in [3.8, 4) is 5.75 Å². The summed E-state index contributed by atoms with van der Waals surface area (Å²) in [6, 6.07) is 5.57. The Bertz CT molecular complexity index is 568. The first-order valence-corrected chi connectivity index (χ1v) is 8.27. The molecule has 1 aromatic carbocycles. The van der Waals surface area contributed by atoms with Crippen LogP contribution < -0.4 is 10.1 Å². The van der Waals surface area contributed by atoms with Crippen LogP contribution in [0.4, 0.5) is 0 Å². The largest absolute Gasteiger partial charge is 0.496 e. The quantitative estimate of drug-likeness (QED) is 0.552. The number of nitrogens with one attached hydrogen (secondary N) is 1. The Kier molecular flexibility index (Phi) is 8.40. The number of carbonyl (C=O) groups is 2. The number of halogens is 1. The minimum absolute atomic E-state index is 0.114. The minimum atomic E-state index is -0.577. The molecule has 6 heteroatoms. The summed E-state index contributed by atoms with van der Waals surface area (Å²) in [7, 11) is 1.56. The van der Waals surface area contributed by atoms with E-state index in [0.717, 1.165) is 22.9 Å². The zero-order chi connectivity index (χ0) is 17.2. The van der Waals surface area contributed by atoms with Gasteiger partial charge in [0, 0.05) is 22.2 Å². The van der Waals surface area contributed by atoms with Crippen LogP contribution in [0.2, 0.25) is 0 Å². The molecule has 1 rings (SSSR count). The van der Waals surface area contributed by atoms with Crippen molar-refractivity contribution >= 4 is 33.9 Å². The fourth-order valence-electron chi connectivity index (χ4n) is 1.94. The summed E-state index contributed by atoms with van der Waals surface area (Å²) in [5, 5.41) is 2.80. The molecule has 0 aliphatic rings. The lowest BCUT2D eigenvalue weighted by atomic mass is 10.2. The molecule has 5 nitrogen and oxygen atoms in total. The smallest absolute Gasteiger partial charge is 0.331 e. The molecule has 0 spiro atoms. The maximum absolute atomic E-state index is 11.7. The Morgan fingerprint density at radius 2 is 2.00 bits per heavy atom. The van der Waals surface area contributed by atoms with Gasteiger partial charge in [0.25, 0.3) is 5.91 Å². The van der Waals surface area contributed by atoms with Gasteiger partial charge in [0.15, 0.2) is 6.61 Å². The zero-order valence-electron chi connectivity index (χ0n) is 13.6. The fraction of sp³-hybridized carbons (Fsp3) is 0.412. The molecule has 0 aliphatic heterocycles. The highest BCUT2D eigenvalue weighted by Crippen LogP contribution is 2.24. The molecule has 0 heterocycles. The second-order valence-corrected chi connectivity index (χ2v) is 5.82. The van der Waals surface area contributed by atoms with Crippen LogP contribution >= 0.6 is 15.9 Å². The molecule has 0 saturated heterocycles. The predicted octanol–water partition coefficient (Wildman–Crippen LogP) is 3.32. The van der Waals surface area contributed by atoms with Crippen LogP contribution in [0.1, 0.15) is 32.3 Å². The summed E-state index contributed by atoms with van der Waals surface area (Å²) >= 11 is 3.36. The van der Waals surface area contributed by atoms with E-state index in [1.807, 2.05) is 26.0 Å². The van der Waals surface area contributed by atoms with Gasteiger partial charge in [0.1, 0.15) is 5.75 Å². The number of ether oxygens (including phenoxy) is 2. The Balaban J connectivity index is 2.53. The van der Waals surface area contributed by atoms with E-state index < -0.39 is 5.97 Å². The third-order valence-corrected chi connectivity index (χ3v) is 3.78. The van der Waals surface area contributed by atoms with Gasteiger partial charge in [-0.25, -0.2) is 4.79 Å². The molecule has 0 radical (unpaired) electrons. The molecular formula is C17H22BrNO4. The van der Waals surface area contributed by atoms with Gasteiger partial charge in [0.2, 0.25) is 0 Å². The molecular weight excluding hydrogens is 362 g/mol.